The van der Waals surface area contributed by atoms with Gasteiger partial charge in [0.25, 0.3) is 0 Å². The molecule has 1 aromatic rings. The summed E-state index contributed by atoms with van der Waals surface area (Å²) in [5.41, 5.74) is 0.207. The minimum atomic E-state index is -1.19. The van der Waals surface area contributed by atoms with Crippen molar-refractivity contribution >= 4 is 35.6 Å². The van der Waals surface area contributed by atoms with E-state index in [0.717, 1.165) is 57.8 Å². The van der Waals surface area contributed by atoms with E-state index in [4.69, 9.17) is 28.8 Å². The maximum atomic E-state index is 12.3. The molecule has 0 aliphatic carbocycles. The lowest BCUT2D eigenvalue weighted by Gasteiger charge is -2.14. The van der Waals surface area contributed by atoms with Crippen molar-refractivity contribution in [1.29, 1.82) is 0 Å². The van der Waals surface area contributed by atoms with E-state index in [9.17, 15) is 33.9 Å². The Hall–Kier alpha value is -4.32. The molecule has 0 aromatic heterocycles. The van der Waals surface area contributed by atoms with Gasteiger partial charge in [0.15, 0.2) is 0 Å². The highest BCUT2D eigenvalue weighted by Crippen LogP contribution is 2.15. The van der Waals surface area contributed by atoms with Crippen molar-refractivity contribution in [2.45, 2.75) is 96.4 Å². The summed E-state index contributed by atoms with van der Waals surface area (Å²) in [5.74, 6) is -2.78. The highest BCUT2D eigenvalue weighted by atomic mass is 16.5. The monoisotopic (exact) mass is 796 g/mol. The number of carboxylic acids is 2. The van der Waals surface area contributed by atoms with Crippen LogP contribution in [0.15, 0.2) is 24.3 Å². The molecular weight excluding hydrogens is 732 g/mol. The van der Waals surface area contributed by atoms with Crippen molar-refractivity contribution in [2.24, 2.45) is 0 Å². The van der Waals surface area contributed by atoms with Gasteiger partial charge in [-0.3, -0.25) is 19.2 Å². The molecule has 0 saturated heterocycles. The Labute approximate surface area is 330 Å². The number of carbonyl (C=O) groups is 6. The number of aromatic carboxylic acids is 1. The third-order valence-electron chi connectivity index (χ3n) is 8.11. The smallest absolute Gasteiger partial charge is 0.335 e. The maximum Gasteiger partial charge on any atom is 0.335 e. The van der Waals surface area contributed by atoms with Gasteiger partial charge in [0.2, 0.25) is 23.6 Å². The molecule has 0 saturated carbocycles. The topological polar surface area (TPSA) is 237 Å². The van der Waals surface area contributed by atoms with Crippen LogP contribution in [0.25, 0.3) is 0 Å². The summed E-state index contributed by atoms with van der Waals surface area (Å²) in [6.07, 6.45) is 9.78. The van der Waals surface area contributed by atoms with E-state index in [1.165, 1.54) is 12.1 Å². The summed E-state index contributed by atoms with van der Waals surface area (Å²) >= 11 is 0. The lowest BCUT2D eigenvalue weighted by atomic mass is 10.1. The number of aliphatic carboxylic acids is 1. The molecule has 17 nitrogen and oxygen atoms in total. The van der Waals surface area contributed by atoms with E-state index < -0.39 is 18.0 Å². The zero-order valence-electron chi connectivity index (χ0n) is 32.9. The number of amides is 4. The average Bonchev–Trinajstić information content (AvgIpc) is 3.17. The molecule has 0 unspecified atom stereocenters. The zero-order valence-corrected chi connectivity index (χ0v) is 32.9. The van der Waals surface area contributed by atoms with Crippen LogP contribution in [-0.2, 0) is 42.9 Å². The van der Waals surface area contributed by atoms with Gasteiger partial charge >= 0.3 is 11.9 Å². The van der Waals surface area contributed by atoms with E-state index in [2.05, 4.69) is 21.3 Å². The van der Waals surface area contributed by atoms with Gasteiger partial charge in [-0.25, -0.2) is 9.59 Å². The van der Waals surface area contributed by atoms with Crippen molar-refractivity contribution in [3.8, 4) is 5.75 Å². The molecule has 0 fully saturated rings. The van der Waals surface area contributed by atoms with Gasteiger partial charge in [-0.2, -0.15) is 0 Å². The highest BCUT2D eigenvalue weighted by Gasteiger charge is 2.20. The van der Waals surface area contributed by atoms with Gasteiger partial charge in [0.1, 0.15) is 25.0 Å². The number of unbranched alkanes of at least 4 members (excludes halogenated alkanes) is 8. The minimum absolute atomic E-state index is 0.0168. The fourth-order valence-electron chi connectivity index (χ4n) is 5.08. The number of hydrogen-bond acceptors (Lipinski definition) is 11. The molecule has 0 radical (unpaired) electrons. The van der Waals surface area contributed by atoms with Crippen LogP contribution in [0.1, 0.15) is 101 Å². The molecule has 318 valence electrons. The number of carbonyl (C=O) groups excluding carboxylic acids is 4. The molecular formula is C39H64N4O13. The Balaban J connectivity index is 1.94. The van der Waals surface area contributed by atoms with Gasteiger partial charge in [0, 0.05) is 32.5 Å². The van der Waals surface area contributed by atoms with Gasteiger partial charge in [-0.1, -0.05) is 57.9 Å². The average molecular weight is 797 g/mol. The second-order valence-electron chi connectivity index (χ2n) is 13.0. The van der Waals surface area contributed by atoms with Crippen LogP contribution >= 0.6 is 0 Å². The van der Waals surface area contributed by atoms with Gasteiger partial charge < -0.3 is 55.2 Å². The summed E-state index contributed by atoms with van der Waals surface area (Å²) < 4.78 is 26.8. The van der Waals surface area contributed by atoms with E-state index >= 15 is 0 Å². The molecule has 4 amide bonds. The number of benzene rings is 1. The van der Waals surface area contributed by atoms with Crippen molar-refractivity contribution in [2.75, 3.05) is 79.1 Å². The maximum absolute atomic E-state index is 12.3. The first-order valence-electron chi connectivity index (χ1n) is 19.7. The van der Waals surface area contributed by atoms with E-state index in [1.807, 2.05) is 6.92 Å². The molecule has 56 heavy (non-hydrogen) atoms. The Bertz CT molecular complexity index is 1270. The fraction of sp³-hybridized carbons (Fsp3) is 0.692. The Morgan fingerprint density at radius 3 is 1.70 bits per heavy atom. The third kappa shape index (κ3) is 29.0. The molecule has 0 aliphatic rings. The minimum Gasteiger partial charge on any atom is -0.494 e. The number of nitrogens with one attached hydrogen (secondary N) is 4. The summed E-state index contributed by atoms with van der Waals surface area (Å²) in [5, 5.41) is 29.1. The Morgan fingerprint density at radius 2 is 1.12 bits per heavy atom. The number of carboxylic acid groups (broad SMARTS) is 2. The normalized spacial score (nSPS) is 11.4. The first-order valence-corrected chi connectivity index (χ1v) is 19.7. The largest absolute Gasteiger partial charge is 0.494 e. The first-order chi connectivity index (χ1) is 27.1. The third-order valence-corrected chi connectivity index (χ3v) is 8.11. The standard InChI is InChI=1S/C39H64N4O13/c1-2-18-40-36(46)29-54-26-25-53-23-20-42-37(47)30-55-27-24-52-22-19-41-34(44)17-16-33(39(50)51)43-35(45)15-10-8-6-4-3-5-7-9-11-21-56-32-14-12-13-31(28-32)38(48)49/h12-14,28,33H,2-11,15-27,29-30H2,1H3,(H,40,46)(H,41,44)(H,42,47)(H,43,45)(H,48,49)(H,50,51)/t33-/m0/s1. The zero-order chi connectivity index (χ0) is 41.1. The Kier molecular flexibility index (Phi) is 30.1. The van der Waals surface area contributed by atoms with Gasteiger partial charge in [-0.15, -0.1) is 0 Å². The molecule has 0 heterocycles. The number of ether oxygens (including phenoxy) is 5. The second kappa shape index (κ2) is 34.0. The summed E-state index contributed by atoms with van der Waals surface area (Å²) in [6.45, 7) is 4.93. The molecule has 0 bridgehead atoms. The number of rotatable bonds is 37. The molecule has 0 spiro atoms. The van der Waals surface area contributed by atoms with E-state index in [-0.39, 0.29) is 94.6 Å². The summed E-state index contributed by atoms with van der Waals surface area (Å²) in [7, 11) is 0. The molecule has 17 heteroatoms. The summed E-state index contributed by atoms with van der Waals surface area (Å²) in [4.78, 5) is 70.4. The van der Waals surface area contributed by atoms with Crippen molar-refractivity contribution < 1.29 is 62.7 Å². The Morgan fingerprint density at radius 1 is 0.589 bits per heavy atom. The van der Waals surface area contributed by atoms with Crippen LogP contribution in [-0.4, -0.2) is 131 Å². The van der Waals surface area contributed by atoms with Gasteiger partial charge in [0.05, 0.1) is 51.8 Å². The lowest BCUT2D eigenvalue weighted by molar-refractivity contribution is -0.142. The van der Waals surface area contributed by atoms with E-state index in [0.29, 0.717) is 45.1 Å². The van der Waals surface area contributed by atoms with E-state index in [1.54, 1.807) is 12.1 Å². The van der Waals surface area contributed by atoms with Crippen molar-refractivity contribution in [3.63, 3.8) is 0 Å². The van der Waals surface area contributed by atoms with Crippen molar-refractivity contribution in [1.82, 2.24) is 21.3 Å². The van der Waals surface area contributed by atoms with Crippen LogP contribution in [0.3, 0.4) is 0 Å². The predicted octanol–water partition coefficient (Wildman–Crippen LogP) is 2.84. The molecule has 1 rings (SSSR count). The highest BCUT2D eigenvalue weighted by molar-refractivity contribution is 5.88. The molecule has 6 N–H and O–H groups in total. The predicted molar refractivity (Wildman–Crippen MR) is 206 cm³/mol. The van der Waals surface area contributed by atoms with Crippen LogP contribution in [0.2, 0.25) is 0 Å². The second-order valence-corrected chi connectivity index (χ2v) is 13.0. The van der Waals surface area contributed by atoms with Crippen molar-refractivity contribution in [3.05, 3.63) is 29.8 Å². The number of hydrogen-bond donors (Lipinski definition) is 6. The SMILES string of the molecule is CCCNC(=O)COCCOCCNC(=O)COCCOCCNC(=O)CC[C@H](NC(=O)CCCCCCCCCCCOc1cccc(C(=O)O)c1)C(=O)O. The van der Waals surface area contributed by atoms with Crippen LogP contribution < -0.4 is 26.0 Å². The molecule has 0 aliphatic heterocycles. The van der Waals surface area contributed by atoms with Gasteiger partial charge in [-0.05, 0) is 43.9 Å². The fourth-order valence-corrected chi connectivity index (χ4v) is 5.08. The molecule has 1 aromatic carbocycles. The molecule has 1 atom stereocenters. The lowest BCUT2D eigenvalue weighted by Crippen LogP contribution is -2.41. The van der Waals surface area contributed by atoms with Crippen LogP contribution in [0.4, 0.5) is 0 Å². The quantitative estimate of drug-likeness (QED) is 0.0532. The summed E-state index contributed by atoms with van der Waals surface area (Å²) in [6, 6.07) is 5.32. The van der Waals surface area contributed by atoms with Crippen LogP contribution in [0.5, 0.6) is 5.75 Å². The first kappa shape index (κ1) is 49.7. The van der Waals surface area contributed by atoms with Crippen LogP contribution in [0, 0.1) is 0 Å².